The van der Waals surface area contributed by atoms with Gasteiger partial charge in [-0.3, -0.25) is 0 Å². The fourth-order valence-electron chi connectivity index (χ4n) is 3.78. The molecular formula is C30H36N6OS. The van der Waals surface area contributed by atoms with Crippen LogP contribution in [-0.2, 0) is 5.41 Å². The van der Waals surface area contributed by atoms with E-state index in [1.54, 1.807) is 11.3 Å². The number of nitrogens with one attached hydrogen (secondary N) is 3. The number of carbonyl (C=O) groups is 1. The standard InChI is InChI=1S/C30H36N6OS/c1-20-10-12-23(13-11-20)33-29(37)34-24-9-7-8-22(18-24)27-26(35-28(38-27)30(2,3)4)21-14-15-31-25(19-21)32-16-17-36(5)6/h7-15,18-19H,16-17H2,1-6H3,(H,31,32)(H2,33,34,37). The van der Waals surface area contributed by atoms with Crippen molar-refractivity contribution >= 4 is 34.6 Å². The van der Waals surface area contributed by atoms with E-state index < -0.39 is 0 Å². The van der Waals surface area contributed by atoms with E-state index in [1.807, 2.05) is 61.7 Å². The van der Waals surface area contributed by atoms with Gasteiger partial charge in [0.25, 0.3) is 0 Å². The van der Waals surface area contributed by atoms with E-state index in [0.29, 0.717) is 5.69 Å². The lowest BCUT2D eigenvalue weighted by atomic mass is 9.98. The maximum absolute atomic E-state index is 12.7. The van der Waals surface area contributed by atoms with Crippen molar-refractivity contribution in [3.63, 3.8) is 0 Å². The number of anilines is 3. The number of amides is 2. The molecule has 7 nitrogen and oxygen atoms in total. The normalized spacial score (nSPS) is 11.4. The van der Waals surface area contributed by atoms with Crippen LogP contribution in [0.3, 0.4) is 0 Å². The van der Waals surface area contributed by atoms with Crippen LogP contribution in [0.4, 0.5) is 22.0 Å². The topological polar surface area (TPSA) is 82.2 Å². The summed E-state index contributed by atoms with van der Waals surface area (Å²) in [5.74, 6) is 0.823. The summed E-state index contributed by atoms with van der Waals surface area (Å²) < 4.78 is 0. The summed E-state index contributed by atoms with van der Waals surface area (Å²) >= 11 is 1.69. The summed E-state index contributed by atoms with van der Waals surface area (Å²) in [6.07, 6.45) is 1.82. The van der Waals surface area contributed by atoms with Gasteiger partial charge in [0.2, 0.25) is 0 Å². The van der Waals surface area contributed by atoms with Gasteiger partial charge in [0.1, 0.15) is 5.82 Å². The van der Waals surface area contributed by atoms with Gasteiger partial charge in [0, 0.05) is 41.6 Å². The number of likely N-dealkylation sites (N-methyl/N-ethyl adjacent to an activating group) is 1. The number of pyridine rings is 1. The highest BCUT2D eigenvalue weighted by Crippen LogP contribution is 2.41. The first-order valence-electron chi connectivity index (χ1n) is 12.7. The number of hydrogen-bond acceptors (Lipinski definition) is 6. The van der Waals surface area contributed by atoms with Gasteiger partial charge >= 0.3 is 6.03 Å². The monoisotopic (exact) mass is 528 g/mol. The third-order valence-corrected chi connectivity index (χ3v) is 7.39. The van der Waals surface area contributed by atoms with Crippen molar-refractivity contribution in [2.75, 3.05) is 43.1 Å². The van der Waals surface area contributed by atoms with Gasteiger partial charge in [-0.1, -0.05) is 50.6 Å². The lowest BCUT2D eigenvalue weighted by molar-refractivity contribution is 0.262. The minimum atomic E-state index is -0.284. The fourth-order valence-corrected chi connectivity index (χ4v) is 4.92. The number of rotatable bonds is 8. The molecule has 0 aliphatic heterocycles. The maximum Gasteiger partial charge on any atom is 0.323 e. The summed E-state index contributed by atoms with van der Waals surface area (Å²) in [5, 5.41) is 10.3. The van der Waals surface area contributed by atoms with E-state index in [1.165, 1.54) is 0 Å². The number of nitrogens with zero attached hydrogens (tertiary/aromatic N) is 3. The van der Waals surface area contributed by atoms with E-state index in [2.05, 4.69) is 72.8 Å². The molecule has 0 bridgehead atoms. The highest BCUT2D eigenvalue weighted by Gasteiger charge is 2.23. The van der Waals surface area contributed by atoms with E-state index in [-0.39, 0.29) is 11.4 Å². The van der Waals surface area contributed by atoms with Crippen LogP contribution in [0.5, 0.6) is 0 Å². The van der Waals surface area contributed by atoms with Crippen LogP contribution in [0.2, 0.25) is 0 Å². The van der Waals surface area contributed by atoms with E-state index in [9.17, 15) is 4.79 Å². The molecular weight excluding hydrogens is 492 g/mol. The molecule has 0 unspecified atom stereocenters. The molecule has 0 saturated heterocycles. The summed E-state index contributed by atoms with van der Waals surface area (Å²) in [7, 11) is 4.10. The van der Waals surface area contributed by atoms with Crippen molar-refractivity contribution in [1.82, 2.24) is 14.9 Å². The van der Waals surface area contributed by atoms with E-state index >= 15 is 0 Å². The Labute approximate surface area is 229 Å². The van der Waals surface area contributed by atoms with Gasteiger partial charge in [-0.05, 0) is 63.0 Å². The zero-order valence-corrected chi connectivity index (χ0v) is 23.7. The second-order valence-corrected chi connectivity index (χ2v) is 11.6. The van der Waals surface area contributed by atoms with Crippen molar-refractivity contribution in [2.24, 2.45) is 0 Å². The third kappa shape index (κ3) is 7.18. The number of urea groups is 1. The number of aromatic nitrogens is 2. The third-order valence-electron chi connectivity index (χ3n) is 5.86. The number of aryl methyl sites for hydroxylation is 1. The fraction of sp³-hybridized carbons (Fsp3) is 0.300. The second kappa shape index (κ2) is 11.8. The van der Waals surface area contributed by atoms with Crippen LogP contribution >= 0.6 is 11.3 Å². The number of thiazole rings is 1. The second-order valence-electron chi connectivity index (χ2n) is 10.6. The number of hydrogen-bond donors (Lipinski definition) is 3. The summed E-state index contributed by atoms with van der Waals surface area (Å²) in [4.78, 5) is 25.4. The molecule has 2 aromatic carbocycles. The van der Waals surface area contributed by atoms with E-state index in [4.69, 9.17) is 4.98 Å². The molecule has 4 rings (SSSR count). The lowest BCUT2D eigenvalue weighted by Crippen LogP contribution is -2.21. The zero-order chi connectivity index (χ0) is 27.3. The Balaban J connectivity index is 1.62. The van der Waals surface area contributed by atoms with Gasteiger partial charge in [0.05, 0.1) is 15.6 Å². The predicted octanol–water partition coefficient (Wildman–Crippen LogP) is 7.10. The molecule has 0 radical (unpaired) electrons. The van der Waals surface area contributed by atoms with Crippen molar-refractivity contribution in [3.05, 3.63) is 77.4 Å². The van der Waals surface area contributed by atoms with Crippen LogP contribution in [0.25, 0.3) is 21.7 Å². The Bertz CT molecular complexity index is 1390. The van der Waals surface area contributed by atoms with Gasteiger partial charge in [-0.25, -0.2) is 14.8 Å². The first-order valence-corrected chi connectivity index (χ1v) is 13.5. The number of benzene rings is 2. The Morgan fingerprint density at radius 2 is 1.68 bits per heavy atom. The smallest absolute Gasteiger partial charge is 0.323 e. The van der Waals surface area contributed by atoms with Gasteiger partial charge in [-0.2, -0.15) is 0 Å². The van der Waals surface area contributed by atoms with Crippen molar-refractivity contribution < 1.29 is 4.79 Å². The van der Waals surface area contributed by atoms with Crippen LogP contribution in [0.15, 0.2) is 66.9 Å². The molecule has 2 aromatic heterocycles. The van der Waals surface area contributed by atoms with E-state index in [0.717, 1.165) is 56.9 Å². The predicted molar refractivity (Wildman–Crippen MR) is 160 cm³/mol. The van der Waals surface area contributed by atoms with Crippen LogP contribution < -0.4 is 16.0 Å². The van der Waals surface area contributed by atoms with Crippen LogP contribution in [-0.4, -0.2) is 48.1 Å². The largest absolute Gasteiger partial charge is 0.369 e. The Morgan fingerprint density at radius 3 is 2.39 bits per heavy atom. The Kier molecular flexibility index (Phi) is 8.44. The van der Waals surface area contributed by atoms with Gasteiger partial charge < -0.3 is 20.9 Å². The molecule has 38 heavy (non-hydrogen) atoms. The molecule has 3 N–H and O–H groups in total. The summed E-state index contributed by atoms with van der Waals surface area (Å²) in [5.41, 5.74) is 5.43. The molecule has 198 valence electrons. The zero-order valence-electron chi connectivity index (χ0n) is 22.9. The molecule has 4 aromatic rings. The highest BCUT2D eigenvalue weighted by atomic mass is 32.1. The first-order chi connectivity index (χ1) is 18.1. The maximum atomic E-state index is 12.7. The molecule has 2 heterocycles. The SMILES string of the molecule is Cc1ccc(NC(=O)Nc2cccc(-c3sc(C(C)(C)C)nc3-c3ccnc(NCCN(C)C)c3)c2)cc1. The molecule has 0 atom stereocenters. The molecule has 0 aliphatic rings. The minimum absolute atomic E-state index is 0.0960. The van der Waals surface area contributed by atoms with Gasteiger partial charge in [-0.15, -0.1) is 11.3 Å². The molecule has 0 spiro atoms. The molecule has 0 fully saturated rings. The van der Waals surface area contributed by atoms with Crippen molar-refractivity contribution in [3.8, 4) is 21.7 Å². The molecule has 2 amide bonds. The van der Waals surface area contributed by atoms with Crippen molar-refractivity contribution in [1.29, 1.82) is 0 Å². The summed E-state index contributed by atoms with van der Waals surface area (Å²) in [6.45, 7) is 10.3. The highest BCUT2D eigenvalue weighted by molar-refractivity contribution is 7.15. The molecule has 0 aliphatic carbocycles. The van der Waals surface area contributed by atoms with Gasteiger partial charge in [0.15, 0.2) is 0 Å². The Morgan fingerprint density at radius 1 is 0.947 bits per heavy atom. The lowest BCUT2D eigenvalue weighted by Gasteiger charge is -2.13. The Hall–Kier alpha value is -3.75. The average Bonchev–Trinajstić information content (AvgIpc) is 3.32. The summed E-state index contributed by atoms with van der Waals surface area (Å²) in [6, 6.07) is 19.4. The number of carbonyl (C=O) groups excluding carboxylic acids is 1. The molecule has 8 heteroatoms. The average molecular weight is 529 g/mol. The van der Waals surface area contributed by atoms with Crippen molar-refractivity contribution in [2.45, 2.75) is 33.1 Å². The van der Waals surface area contributed by atoms with Crippen LogP contribution in [0.1, 0.15) is 31.3 Å². The quantitative estimate of drug-likeness (QED) is 0.227. The van der Waals surface area contributed by atoms with Crippen LogP contribution in [0, 0.1) is 6.92 Å². The first kappa shape index (κ1) is 27.3. The minimum Gasteiger partial charge on any atom is -0.369 e. The molecule has 0 saturated carbocycles.